The van der Waals surface area contributed by atoms with E-state index < -0.39 is 0 Å². The van der Waals surface area contributed by atoms with Crippen LogP contribution in [0.5, 0.6) is 0 Å². The van der Waals surface area contributed by atoms with Gasteiger partial charge in [0.1, 0.15) is 0 Å². The minimum Gasteiger partial charge on any atom is -0.354 e. The third kappa shape index (κ3) is 5.04. The van der Waals surface area contributed by atoms with Gasteiger partial charge >= 0.3 is 0 Å². The predicted molar refractivity (Wildman–Crippen MR) is 120 cm³/mol. The Balaban J connectivity index is 0.00000160. The first-order valence-corrected chi connectivity index (χ1v) is 10.1. The number of aromatic nitrogens is 3. The Morgan fingerprint density at radius 3 is 2.80 bits per heavy atom. The first-order chi connectivity index (χ1) is 13.5. The van der Waals surface area contributed by atoms with Crippen LogP contribution in [0.4, 0.5) is 0 Å². The number of rotatable bonds is 4. The second kappa shape index (κ2) is 10.4. The van der Waals surface area contributed by atoms with E-state index in [1.165, 1.54) is 0 Å². The maximum Gasteiger partial charge on any atom is 0.255 e. The molecule has 0 saturated carbocycles. The molecule has 2 saturated heterocycles. The number of hydrogen-bond donors (Lipinski definition) is 2. The monoisotopic (exact) mass is 456 g/mol. The standard InChI is InChI=1S/C20H28N6O2.2ClH/c1-13-16-9-15(11-22-18(16)25(2)24-13)20(28)26-8-4-5-14(12-26)10-23-19(27)17-6-3-7-21-17;;/h9,11,14,17,21H,3-8,10,12H2,1-2H3,(H,23,27);2*1H. The van der Waals surface area contributed by atoms with Crippen LogP contribution in [0.15, 0.2) is 12.3 Å². The summed E-state index contributed by atoms with van der Waals surface area (Å²) in [4.78, 5) is 31.5. The van der Waals surface area contributed by atoms with Gasteiger partial charge in [0.15, 0.2) is 5.65 Å². The number of aryl methyl sites for hydroxylation is 2. The van der Waals surface area contributed by atoms with Crippen molar-refractivity contribution in [2.75, 3.05) is 26.2 Å². The maximum absolute atomic E-state index is 13.0. The average Bonchev–Trinajstić information content (AvgIpc) is 3.34. The Labute approximate surface area is 189 Å². The lowest BCUT2D eigenvalue weighted by molar-refractivity contribution is -0.123. The molecule has 2 aliphatic heterocycles. The summed E-state index contributed by atoms with van der Waals surface area (Å²) in [7, 11) is 1.86. The SMILES string of the molecule is Cc1nn(C)c2ncc(C(=O)N3CCCC(CNC(=O)C4CCCN4)C3)cc12.Cl.Cl. The van der Waals surface area contributed by atoms with E-state index >= 15 is 0 Å². The lowest BCUT2D eigenvalue weighted by Crippen LogP contribution is -2.46. The van der Waals surface area contributed by atoms with E-state index in [1.54, 1.807) is 10.9 Å². The molecule has 8 nitrogen and oxygen atoms in total. The Morgan fingerprint density at radius 1 is 1.27 bits per heavy atom. The summed E-state index contributed by atoms with van der Waals surface area (Å²) in [6.45, 7) is 4.88. The number of fused-ring (bicyclic) bond motifs is 1. The van der Waals surface area contributed by atoms with E-state index in [1.807, 2.05) is 24.9 Å². The molecule has 30 heavy (non-hydrogen) atoms. The fraction of sp³-hybridized carbons (Fsp3) is 0.600. The highest BCUT2D eigenvalue weighted by atomic mass is 35.5. The molecule has 0 aliphatic carbocycles. The van der Waals surface area contributed by atoms with Crippen LogP contribution in [0.3, 0.4) is 0 Å². The molecule has 0 radical (unpaired) electrons. The van der Waals surface area contributed by atoms with Crippen molar-refractivity contribution < 1.29 is 9.59 Å². The molecular weight excluding hydrogens is 427 g/mol. The predicted octanol–water partition coefficient (Wildman–Crippen LogP) is 1.84. The number of likely N-dealkylation sites (tertiary alicyclic amines) is 1. The molecule has 2 atom stereocenters. The number of carbonyl (C=O) groups excluding carboxylic acids is 2. The van der Waals surface area contributed by atoms with Gasteiger partial charge in [-0.15, -0.1) is 24.8 Å². The number of halogens is 2. The van der Waals surface area contributed by atoms with E-state index in [0.717, 1.165) is 55.5 Å². The van der Waals surface area contributed by atoms with Crippen molar-refractivity contribution >= 4 is 47.7 Å². The Bertz CT molecular complexity index is 897. The minimum absolute atomic E-state index is 0. The molecule has 10 heteroatoms. The first-order valence-electron chi connectivity index (χ1n) is 10.1. The van der Waals surface area contributed by atoms with Gasteiger partial charge < -0.3 is 15.5 Å². The summed E-state index contributed by atoms with van der Waals surface area (Å²) >= 11 is 0. The Hall–Kier alpha value is -1.90. The molecular formula is C20H30Cl2N6O2. The topological polar surface area (TPSA) is 92.2 Å². The number of nitrogens with one attached hydrogen (secondary N) is 2. The van der Waals surface area contributed by atoms with Gasteiger partial charge in [-0.05, 0) is 51.1 Å². The van der Waals surface area contributed by atoms with E-state index in [9.17, 15) is 9.59 Å². The van der Waals surface area contributed by atoms with E-state index in [4.69, 9.17) is 0 Å². The van der Waals surface area contributed by atoms with E-state index in [-0.39, 0.29) is 42.7 Å². The smallest absolute Gasteiger partial charge is 0.255 e. The van der Waals surface area contributed by atoms with Crippen LogP contribution in [0.1, 0.15) is 41.7 Å². The van der Waals surface area contributed by atoms with E-state index in [2.05, 4.69) is 20.7 Å². The van der Waals surface area contributed by atoms with Gasteiger partial charge in [0, 0.05) is 38.3 Å². The summed E-state index contributed by atoms with van der Waals surface area (Å²) in [5.74, 6) is 0.383. The van der Waals surface area contributed by atoms with Gasteiger partial charge in [0.2, 0.25) is 5.91 Å². The van der Waals surface area contributed by atoms with Crippen molar-refractivity contribution in [3.8, 4) is 0 Å². The molecule has 4 rings (SSSR count). The van der Waals surface area contributed by atoms with E-state index in [0.29, 0.717) is 24.6 Å². The van der Waals surface area contributed by atoms with Crippen LogP contribution in [-0.2, 0) is 11.8 Å². The number of hydrogen-bond acceptors (Lipinski definition) is 5. The number of piperidine rings is 1. The Morgan fingerprint density at radius 2 is 2.07 bits per heavy atom. The highest BCUT2D eigenvalue weighted by Gasteiger charge is 2.27. The maximum atomic E-state index is 13.0. The highest BCUT2D eigenvalue weighted by Crippen LogP contribution is 2.21. The van der Waals surface area contributed by atoms with Crippen LogP contribution in [0, 0.1) is 12.8 Å². The van der Waals surface area contributed by atoms with Crippen LogP contribution < -0.4 is 10.6 Å². The van der Waals surface area contributed by atoms with Crippen molar-refractivity contribution in [1.82, 2.24) is 30.3 Å². The number of pyridine rings is 1. The fourth-order valence-electron chi connectivity index (χ4n) is 4.30. The number of amides is 2. The molecule has 2 amide bonds. The van der Waals surface area contributed by atoms with Gasteiger partial charge in [-0.1, -0.05) is 0 Å². The molecule has 2 fully saturated rings. The molecule has 0 spiro atoms. The van der Waals surface area contributed by atoms with Crippen molar-refractivity contribution in [2.45, 2.75) is 38.6 Å². The van der Waals surface area contributed by atoms with Gasteiger partial charge in [0.05, 0.1) is 17.3 Å². The van der Waals surface area contributed by atoms with Gasteiger partial charge in [-0.25, -0.2) is 4.98 Å². The van der Waals surface area contributed by atoms with Crippen molar-refractivity contribution in [3.63, 3.8) is 0 Å². The van der Waals surface area contributed by atoms with Crippen LogP contribution >= 0.6 is 24.8 Å². The molecule has 2 unspecified atom stereocenters. The molecule has 0 aromatic carbocycles. The summed E-state index contributed by atoms with van der Waals surface area (Å²) in [5, 5.41) is 11.6. The number of nitrogens with zero attached hydrogens (tertiary/aromatic N) is 4. The molecule has 2 N–H and O–H groups in total. The minimum atomic E-state index is -0.0538. The largest absolute Gasteiger partial charge is 0.354 e. The first kappa shape index (κ1) is 24.4. The van der Waals surface area contributed by atoms with Gasteiger partial charge in [0.25, 0.3) is 5.91 Å². The Kier molecular flexibility index (Phi) is 8.46. The van der Waals surface area contributed by atoms with Crippen molar-refractivity contribution in [1.29, 1.82) is 0 Å². The lowest BCUT2D eigenvalue weighted by Gasteiger charge is -2.33. The third-order valence-electron chi connectivity index (χ3n) is 5.86. The summed E-state index contributed by atoms with van der Waals surface area (Å²) in [6.07, 6.45) is 5.59. The summed E-state index contributed by atoms with van der Waals surface area (Å²) in [5.41, 5.74) is 2.26. The van der Waals surface area contributed by atoms with Crippen molar-refractivity contribution in [2.24, 2.45) is 13.0 Å². The van der Waals surface area contributed by atoms with Gasteiger partial charge in [-0.3, -0.25) is 14.3 Å². The van der Waals surface area contributed by atoms with Crippen LogP contribution in [-0.4, -0.2) is 63.7 Å². The zero-order valence-corrected chi connectivity index (χ0v) is 19.0. The zero-order chi connectivity index (χ0) is 19.7. The zero-order valence-electron chi connectivity index (χ0n) is 17.4. The highest BCUT2D eigenvalue weighted by molar-refractivity contribution is 5.97. The van der Waals surface area contributed by atoms with Crippen LogP contribution in [0.25, 0.3) is 11.0 Å². The summed E-state index contributed by atoms with van der Waals surface area (Å²) < 4.78 is 1.73. The third-order valence-corrected chi connectivity index (χ3v) is 5.86. The second-order valence-electron chi connectivity index (χ2n) is 7.96. The summed E-state index contributed by atoms with van der Waals surface area (Å²) in [6, 6.07) is 1.84. The normalized spacial score (nSPS) is 21.1. The molecule has 2 aliphatic rings. The second-order valence-corrected chi connectivity index (χ2v) is 7.96. The lowest BCUT2D eigenvalue weighted by atomic mass is 9.97. The number of carbonyl (C=O) groups is 2. The molecule has 0 bridgehead atoms. The average molecular weight is 457 g/mol. The van der Waals surface area contributed by atoms with Gasteiger partial charge in [-0.2, -0.15) is 5.10 Å². The molecule has 2 aromatic rings. The molecule has 4 heterocycles. The van der Waals surface area contributed by atoms with Crippen molar-refractivity contribution in [3.05, 3.63) is 23.5 Å². The quantitative estimate of drug-likeness (QED) is 0.731. The fourth-order valence-corrected chi connectivity index (χ4v) is 4.30. The molecule has 2 aromatic heterocycles. The molecule has 166 valence electrons. The van der Waals surface area contributed by atoms with Crippen LogP contribution in [0.2, 0.25) is 0 Å².